The third kappa shape index (κ3) is 5.41. The number of hydrogen-bond donors (Lipinski definition) is 3. The number of carbonyl (C=O) groups is 1. The lowest BCUT2D eigenvalue weighted by Crippen LogP contribution is -2.11. The van der Waals surface area contributed by atoms with Gasteiger partial charge in [-0.3, -0.25) is 4.79 Å². The van der Waals surface area contributed by atoms with Crippen LogP contribution in [-0.4, -0.2) is 44.1 Å². The van der Waals surface area contributed by atoms with Crippen molar-refractivity contribution in [3.63, 3.8) is 0 Å². The average molecular weight is 491 g/mol. The van der Waals surface area contributed by atoms with Crippen LogP contribution >= 0.6 is 0 Å². The largest absolute Gasteiger partial charge is 0.378 e. The monoisotopic (exact) mass is 490 g/mol. The van der Waals surface area contributed by atoms with Crippen molar-refractivity contribution in [2.24, 2.45) is 0 Å². The molecule has 1 heterocycles. The highest BCUT2D eigenvalue weighted by molar-refractivity contribution is 6.05. The Morgan fingerprint density at radius 1 is 0.703 bits per heavy atom. The Balaban J connectivity index is 1.25. The number of aromatic nitrogens is 2. The number of benzene rings is 4. The summed E-state index contributed by atoms with van der Waals surface area (Å²) in [5, 5.41) is 6.35. The lowest BCUT2D eigenvalue weighted by molar-refractivity contribution is 0.102. The molecule has 0 unspecified atom stereocenters. The van der Waals surface area contributed by atoms with Gasteiger partial charge in [-0.15, -0.1) is 0 Å². The van der Waals surface area contributed by atoms with Gasteiger partial charge in [-0.1, -0.05) is 0 Å². The molecular weight excluding hydrogens is 460 g/mol. The summed E-state index contributed by atoms with van der Waals surface area (Å²) in [6.07, 6.45) is 0. The van der Waals surface area contributed by atoms with Gasteiger partial charge in [0.05, 0.1) is 11.0 Å². The highest BCUT2D eigenvalue weighted by atomic mass is 16.1. The minimum absolute atomic E-state index is 0.170. The number of imidazole rings is 1. The van der Waals surface area contributed by atoms with Gasteiger partial charge in [0.15, 0.2) is 0 Å². The Morgan fingerprint density at radius 2 is 1.24 bits per heavy atom. The zero-order chi connectivity index (χ0) is 25.9. The first-order chi connectivity index (χ1) is 17.9. The van der Waals surface area contributed by atoms with Gasteiger partial charge in [0, 0.05) is 67.8 Å². The van der Waals surface area contributed by atoms with Crippen LogP contribution in [0.3, 0.4) is 0 Å². The maximum absolute atomic E-state index is 12.9. The second-order valence-corrected chi connectivity index (χ2v) is 9.36. The third-order valence-corrected chi connectivity index (χ3v) is 6.22. The standard InChI is InChI=1S/C30H30N6O/c1-35(2)25-14-7-20(8-15-25)29-33-27-18-13-24(19-28(27)34-29)32-30(37)21-5-9-22(10-6-21)31-23-11-16-26(17-12-23)36(3)4/h5-19,31H,1-4H3,(H,32,37)(H,33,34). The van der Waals surface area contributed by atoms with E-state index in [1.54, 1.807) is 0 Å². The summed E-state index contributed by atoms with van der Waals surface area (Å²) in [4.78, 5) is 25.1. The van der Waals surface area contributed by atoms with E-state index in [-0.39, 0.29) is 5.91 Å². The van der Waals surface area contributed by atoms with Crippen molar-refractivity contribution in [2.75, 3.05) is 48.6 Å². The van der Waals surface area contributed by atoms with E-state index in [1.165, 1.54) is 0 Å². The molecule has 7 nitrogen and oxygen atoms in total. The number of fused-ring (bicyclic) bond motifs is 1. The zero-order valence-electron chi connectivity index (χ0n) is 21.4. The quantitative estimate of drug-likeness (QED) is 0.248. The molecule has 5 rings (SSSR count). The van der Waals surface area contributed by atoms with Crippen LogP contribution in [0.1, 0.15) is 10.4 Å². The van der Waals surface area contributed by atoms with Gasteiger partial charge in [-0.25, -0.2) is 4.98 Å². The van der Waals surface area contributed by atoms with Crippen molar-refractivity contribution in [1.82, 2.24) is 9.97 Å². The summed E-state index contributed by atoms with van der Waals surface area (Å²) in [6, 6.07) is 29.5. The molecule has 5 aromatic rings. The second kappa shape index (κ2) is 10.1. The first kappa shape index (κ1) is 23.9. The number of carbonyl (C=O) groups excluding carboxylic acids is 1. The number of rotatable bonds is 7. The number of nitrogens with one attached hydrogen (secondary N) is 3. The van der Waals surface area contributed by atoms with E-state index < -0.39 is 0 Å². The molecule has 0 spiro atoms. The molecular formula is C30H30N6O. The fourth-order valence-corrected chi connectivity index (χ4v) is 4.06. The van der Waals surface area contributed by atoms with Crippen molar-refractivity contribution in [1.29, 1.82) is 0 Å². The lowest BCUT2D eigenvalue weighted by atomic mass is 10.1. The van der Waals surface area contributed by atoms with Gasteiger partial charge >= 0.3 is 0 Å². The van der Waals surface area contributed by atoms with E-state index in [0.29, 0.717) is 11.3 Å². The van der Waals surface area contributed by atoms with Gasteiger partial charge in [0.25, 0.3) is 5.91 Å². The van der Waals surface area contributed by atoms with Crippen molar-refractivity contribution in [3.05, 3.63) is 96.6 Å². The molecule has 1 aromatic heterocycles. The first-order valence-electron chi connectivity index (χ1n) is 12.1. The minimum atomic E-state index is -0.170. The van der Waals surface area contributed by atoms with E-state index >= 15 is 0 Å². The van der Waals surface area contributed by atoms with Gasteiger partial charge in [0.2, 0.25) is 0 Å². The Hall–Kier alpha value is -4.78. The Bertz CT molecular complexity index is 1520. The SMILES string of the molecule is CN(C)c1ccc(Nc2ccc(C(=O)Nc3ccc4[nH]c(-c5ccc(N(C)C)cc5)nc4c3)cc2)cc1. The molecule has 0 fully saturated rings. The van der Waals surface area contributed by atoms with Gasteiger partial charge in [-0.05, 0) is 91.0 Å². The summed E-state index contributed by atoms with van der Waals surface area (Å²) in [7, 11) is 8.06. The van der Waals surface area contributed by atoms with E-state index in [4.69, 9.17) is 4.98 Å². The fraction of sp³-hybridized carbons (Fsp3) is 0.133. The topological polar surface area (TPSA) is 76.3 Å². The third-order valence-electron chi connectivity index (χ3n) is 6.22. The molecule has 186 valence electrons. The summed E-state index contributed by atoms with van der Waals surface area (Å²) in [5.74, 6) is 0.625. The first-order valence-corrected chi connectivity index (χ1v) is 12.1. The number of nitrogens with zero attached hydrogens (tertiary/aromatic N) is 3. The molecule has 0 aliphatic carbocycles. The highest BCUT2D eigenvalue weighted by Gasteiger charge is 2.10. The predicted molar refractivity (Wildman–Crippen MR) is 154 cm³/mol. The van der Waals surface area contributed by atoms with Crippen molar-refractivity contribution < 1.29 is 4.79 Å². The number of amides is 1. The summed E-state index contributed by atoms with van der Waals surface area (Å²) in [6.45, 7) is 0. The summed E-state index contributed by atoms with van der Waals surface area (Å²) < 4.78 is 0. The number of hydrogen-bond acceptors (Lipinski definition) is 5. The van der Waals surface area contributed by atoms with Crippen LogP contribution in [0.5, 0.6) is 0 Å². The van der Waals surface area contributed by atoms with E-state index in [0.717, 1.165) is 45.2 Å². The lowest BCUT2D eigenvalue weighted by Gasteiger charge is -2.13. The second-order valence-electron chi connectivity index (χ2n) is 9.36. The van der Waals surface area contributed by atoms with E-state index in [1.807, 2.05) is 94.9 Å². The minimum Gasteiger partial charge on any atom is -0.378 e. The van der Waals surface area contributed by atoms with Gasteiger partial charge < -0.3 is 25.4 Å². The Morgan fingerprint density at radius 3 is 1.84 bits per heavy atom. The van der Waals surface area contributed by atoms with Crippen LogP contribution in [0.15, 0.2) is 91.0 Å². The molecule has 0 bridgehead atoms. The summed E-state index contributed by atoms with van der Waals surface area (Å²) in [5.41, 5.74) is 8.17. The fourth-order valence-electron chi connectivity index (χ4n) is 4.06. The van der Waals surface area contributed by atoms with Crippen molar-refractivity contribution >= 4 is 45.4 Å². The Kier molecular flexibility index (Phi) is 6.51. The Labute approximate surface area is 216 Å². The van der Waals surface area contributed by atoms with Crippen LogP contribution in [-0.2, 0) is 0 Å². The average Bonchev–Trinajstić information content (AvgIpc) is 3.33. The van der Waals surface area contributed by atoms with Crippen molar-refractivity contribution in [3.8, 4) is 11.4 Å². The van der Waals surface area contributed by atoms with Crippen LogP contribution < -0.4 is 20.4 Å². The molecule has 0 aliphatic rings. The van der Waals surface area contributed by atoms with Crippen LogP contribution in [0.25, 0.3) is 22.4 Å². The molecule has 3 N–H and O–H groups in total. The predicted octanol–water partition coefficient (Wildman–Crippen LogP) is 6.36. The smallest absolute Gasteiger partial charge is 0.255 e. The van der Waals surface area contributed by atoms with E-state index in [9.17, 15) is 4.79 Å². The molecule has 4 aromatic carbocycles. The molecule has 0 aliphatic heterocycles. The highest BCUT2D eigenvalue weighted by Crippen LogP contribution is 2.25. The molecule has 0 radical (unpaired) electrons. The van der Waals surface area contributed by atoms with Gasteiger partial charge in [0.1, 0.15) is 5.82 Å². The number of H-pyrrole nitrogens is 1. The molecule has 0 saturated carbocycles. The van der Waals surface area contributed by atoms with Crippen LogP contribution in [0, 0.1) is 0 Å². The molecule has 37 heavy (non-hydrogen) atoms. The van der Waals surface area contributed by atoms with E-state index in [2.05, 4.69) is 49.7 Å². The molecule has 1 amide bonds. The van der Waals surface area contributed by atoms with Crippen LogP contribution in [0.4, 0.5) is 28.4 Å². The van der Waals surface area contributed by atoms with Crippen molar-refractivity contribution in [2.45, 2.75) is 0 Å². The van der Waals surface area contributed by atoms with Crippen LogP contribution in [0.2, 0.25) is 0 Å². The number of anilines is 5. The summed E-state index contributed by atoms with van der Waals surface area (Å²) >= 11 is 0. The molecule has 0 atom stereocenters. The normalized spacial score (nSPS) is 10.8. The molecule has 7 heteroatoms. The van der Waals surface area contributed by atoms with Gasteiger partial charge in [-0.2, -0.15) is 0 Å². The maximum atomic E-state index is 12.9. The maximum Gasteiger partial charge on any atom is 0.255 e. The zero-order valence-corrected chi connectivity index (χ0v) is 21.4. The number of aromatic amines is 1. The molecule has 0 saturated heterocycles.